The van der Waals surface area contributed by atoms with Crippen LogP contribution in [0.1, 0.15) is 18.4 Å². The zero-order valence-electron chi connectivity index (χ0n) is 17.3. The van der Waals surface area contributed by atoms with Crippen molar-refractivity contribution in [1.82, 2.24) is 23.9 Å². The molecule has 3 aromatic rings. The van der Waals surface area contributed by atoms with Gasteiger partial charge in [-0.1, -0.05) is 23.7 Å². The van der Waals surface area contributed by atoms with Crippen molar-refractivity contribution in [1.29, 1.82) is 0 Å². The lowest BCUT2D eigenvalue weighted by Gasteiger charge is -2.30. The topological polar surface area (TPSA) is 102 Å². The number of anilines is 1. The van der Waals surface area contributed by atoms with Crippen molar-refractivity contribution in [3.05, 3.63) is 59.3 Å². The van der Waals surface area contributed by atoms with Crippen LogP contribution in [0.5, 0.6) is 0 Å². The van der Waals surface area contributed by atoms with E-state index in [0.29, 0.717) is 25.9 Å². The Kier molecular flexibility index (Phi) is 6.31. The molecule has 1 fully saturated rings. The molecule has 2 aromatic heterocycles. The van der Waals surface area contributed by atoms with Gasteiger partial charge in [0.1, 0.15) is 15.7 Å². The Bertz CT molecular complexity index is 1220. The molecule has 1 aliphatic rings. The van der Waals surface area contributed by atoms with Gasteiger partial charge >= 0.3 is 0 Å². The number of halogens is 2. The van der Waals surface area contributed by atoms with Crippen LogP contribution in [0.4, 0.5) is 10.2 Å². The quantitative estimate of drug-likeness (QED) is 0.584. The molecule has 1 aromatic carbocycles. The van der Waals surface area contributed by atoms with Crippen LogP contribution in [0.25, 0.3) is 0 Å². The Morgan fingerprint density at radius 1 is 1.28 bits per heavy atom. The van der Waals surface area contributed by atoms with E-state index < -0.39 is 15.9 Å². The summed E-state index contributed by atoms with van der Waals surface area (Å²) in [4.78, 5) is 12.9. The van der Waals surface area contributed by atoms with E-state index in [1.807, 2.05) is 0 Å². The SMILES string of the molecule is Cn1cc(S(=O)(=O)N2CCC[C@H](C(=O)Nc3nn(Cc4ccc(F)cc4)cc3Cl)C2)cn1. The third-order valence-corrected chi connectivity index (χ3v) is 7.38. The van der Waals surface area contributed by atoms with E-state index >= 15 is 0 Å². The third-order valence-electron chi connectivity index (χ3n) is 5.29. The Labute approximate surface area is 189 Å². The third kappa shape index (κ3) is 4.84. The molecule has 9 nitrogen and oxygen atoms in total. The van der Waals surface area contributed by atoms with Crippen molar-refractivity contribution in [3.8, 4) is 0 Å². The van der Waals surface area contributed by atoms with Crippen molar-refractivity contribution in [2.75, 3.05) is 18.4 Å². The van der Waals surface area contributed by atoms with Crippen molar-refractivity contribution in [3.63, 3.8) is 0 Å². The van der Waals surface area contributed by atoms with Crippen LogP contribution in [0.3, 0.4) is 0 Å². The molecule has 3 heterocycles. The lowest BCUT2D eigenvalue weighted by Crippen LogP contribution is -2.43. The number of aryl methyl sites for hydroxylation is 1. The van der Waals surface area contributed by atoms with Gasteiger partial charge in [-0.2, -0.15) is 14.5 Å². The number of nitrogens with one attached hydrogen (secondary N) is 1. The second kappa shape index (κ2) is 9.00. The summed E-state index contributed by atoms with van der Waals surface area (Å²) in [6.07, 6.45) is 5.42. The lowest BCUT2D eigenvalue weighted by atomic mass is 9.99. The zero-order valence-corrected chi connectivity index (χ0v) is 18.9. The zero-order chi connectivity index (χ0) is 22.9. The normalized spacial score (nSPS) is 17.4. The van der Waals surface area contributed by atoms with Crippen LogP contribution < -0.4 is 5.32 Å². The smallest absolute Gasteiger partial charge is 0.246 e. The van der Waals surface area contributed by atoms with E-state index in [2.05, 4.69) is 15.5 Å². The number of amides is 1. The molecule has 1 aliphatic heterocycles. The number of aromatic nitrogens is 4. The molecule has 1 atom stereocenters. The fourth-order valence-electron chi connectivity index (χ4n) is 3.61. The van der Waals surface area contributed by atoms with Gasteiger partial charge in [-0.15, -0.1) is 0 Å². The van der Waals surface area contributed by atoms with E-state index in [9.17, 15) is 17.6 Å². The van der Waals surface area contributed by atoms with Crippen LogP contribution in [0.2, 0.25) is 5.02 Å². The van der Waals surface area contributed by atoms with Crippen LogP contribution >= 0.6 is 11.6 Å². The van der Waals surface area contributed by atoms with E-state index in [-0.39, 0.29) is 34.0 Å². The number of sulfonamides is 1. The minimum absolute atomic E-state index is 0.0664. The molecule has 0 bridgehead atoms. The summed E-state index contributed by atoms with van der Waals surface area (Å²) >= 11 is 6.23. The lowest BCUT2D eigenvalue weighted by molar-refractivity contribution is -0.120. The average molecular weight is 481 g/mol. The van der Waals surface area contributed by atoms with Crippen molar-refractivity contribution >= 4 is 33.3 Å². The Morgan fingerprint density at radius 2 is 2.03 bits per heavy atom. The minimum atomic E-state index is -3.72. The van der Waals surface area contributed by atoms with E-state index in [1.54, 1.807) is 30.1 Å². The van der Waals surface area contributed by atoms with E-state index in [4.69, 9.17) is 11.6 Å². The first-order chi connectivity index (χ1) is 15.2. The largest absolute Gasteiger partial charge is 0.308 e. The van der Waals surface area contributed by atoms with E-state index in [0.717, 1.165) is 5.56 Å². The molecule has 0 spiro atoms. The summed E-state index contributed by atoms with van der Waals surface area (Å²) in [5.41, 5.74) is 0.826. The fraction of sp³-hybridized carbons (Fsp3) is 0.350. The van der Waals surface area contributed by atoms with Gasteiger partial charge in [0.15, 0.2) is 5.82 Å². The van der Waals surface area contributed by atoms with E-state index in [1.165, 1.54) is 33.5 Å². The maximum atomic E-state index is 13.1. The van der Waals surface area contributed by atoms with Crippen molar-refractivity contribution in [2.24, 2.45) is 13.0 Å². The summed E-state index contributed by atoms with van der Waals surface area (Å²) in [6.45, 7) is 0.765. The average Bonchev–Trinajstić information content (AvgIpc) is 3.35. The summed E-state index contributed by atoms with van der Waals surface area (Å²) in [5.74, 6) is -1.00. The number of benzene rings is 1. The summed E-state index contributed by atoms with van der Waals surface area (Å²) in [6, 6.07) is 6.00. The first kappa shape index (κ1) is 22.4. The van der Waals surface area contributed by atoms with Gasteiger partial charge < -0.3 is 5.32 Å². The monoisotopic (exact) mass is 480 g/mol. The van der Waals surface area contributed by atoms with Gasteiger partial charge in [-0.05, 0) is 30.5 Å². The highest BCUT2D eigenvalue weighted by molar-refractivity contribution is 7.89. The number of piperidine rings is 1. The maximum absolute atomic E-state index is 13.1. The summed E-state index contributed by atoms with van der Waals surface area (Å²) in [5, 5.41) is 11.2. The van der Waals surface area contributed by atoms with Crippen molar-refractivity contribution < 1.29 is 17.6 Å². The highest BCUT2D eigenvalue weighted by atomic mass is 35.5. The standard InChI is InChI=1S/C20H22ClFN6O3S/c1-26-12-17(9-23-26)32(30,31)28-8-2-3-15(11-28)20(29)24-19-18(21)13-27(25-19)10-14-4-6-16(22)7-5-14/h4-7,9,12-13,15H,2-3,8,10-11H2,1H3,(H,24,25,29)/t15-/m0/s1. The molecular weight excluding hydrogens is 459 g/mol. The van der Waals surface area contributed by atoms with Gasteiger partial charge in [0.05, 0.1) is 18.7 Å². The Balaban J connectivity index is 1.42. The van der Waals surface area contributed by atoms with Gasteiger partial charge in [0.2, 0.25) is 15.9 Å². The molecule has 4 rings (SSSR count). The second-order valence-corrected chi connectivity index (χ2v) is 10.0. The number of nitrogens with zero attached hydrogens (tertiary/aromatic N) is 5. The molecule has 1 amide bonds. The molecule has 12 heteroatoms. The minimum Gasteiger partial charge on any atom is -0.308 e. The highest BCUT2D eigenvalue weighted by Gasteiger charge is 2.34. The number of carbonyl (C=O) groups excluding carboxylic acids is 1. The number of carbonyl (C=O) groups is 1. The molecule has 170 valence electrons. The molecule has 1 saturated heterocycles. The summed E-state index contributed by atoms with van der Waals surface area (Å²) < 4.78 is 43.1. The maximum Gasteiger partial charge on any atom is 0.246 e. The van der Waals surface area contributed by atoms with Crippen LogP contribution in [-0.2, 0) is 28.4 Å². The Hall–Kier alpha value is -2.76. The number of hydrogen-bond donors (Lipinski definition) is 1. The van der Waals surface area contributed by atoms with Gasteiger partial charge in [-0.25, -0.2) is 12.8 Å². The molecule has 0 radical (unpaired) electrons. The van der Waals surface area contributed by atoms with Crippen LogP contribution in [-0.4, -0.2) is 51.3 Å². The summed E-state index contributed by atoms with van der Waals surface area (Å²) in [7, 11) is -2.08. The highest BCUT2D eigenvalue weighted by Crippen LogP contribution is 2.26. The predicted octanol–water partition coefficient (Wildman–Crippen LogP) is 2.50. The van der Waals surface area contributed by atoms with Crippen LogP contribution in [0.15, 0.2) is 47.8 Å². The first-order valence-electron chi connectivity index (χ1n) is 9.99. The second-order valence-electron chi connectivity index (χ2n) is 7.69. The molecule has 1 N–H and O–H groups in total. The fourth-order valence-corrected chi connectivity index (χ4v) is 5.32. The molecular formula is C20H22ClFN6O3S. The van der Waals surface area contributed by atoms with Gasteiger partial charge in [0.25, 0.3) is 0 Å². The molecule has 32 heavy (non-hydrogen) atoms. The van der Waals surface area contributed by atoms with Crippen LogP contribution in [0, 0.1) is 11.7 Å². The predicted molar refractivity (Wildman–Crippen MR) is 116 cm³/mol. The molecule has 0 unspecified atom stereocenters. The van der Waals surface area contributed by atoms with Crippen molar-refractivity contribution in [2.45, 2.75) is 24.3 Å². The number of rotatable bonds is 6. The first-order valence-corrected chi connectivity index (χ1v) is 11.8. The Morgan fingerprint density at radius 3 is 2.72 bits per heavy atom. The van der Waals surface area contributed by atoms with Gasteiger partial charge in [0, 0.05) is 32.5 Å². The molecule has 0 aliphatic carbocycles. The molecule has 0 saturated carbocycles. The number of hydrogen-bond acceptors (Lipinski definition) is 5. The van der Waals surface area contributed by atoms with Gasteiger partial charge in [-0.3, -0.25) is 14.2 Å².